The van der Waals surface area contributed by atoms with Crippen LogP contribution in [0.25, 0.3) is 0 Å². The summed E-state index contributed by atoms with van der Waals surface area (Å²) < 4.78 is 4.66. The van der Waals surface area contributed by atoms with Gasteiger partial charge in [-0.3, -0.25) is 9.59 Å². The molecule has 0 radical (unpaired) electrons. The van der Waals surface area contributed by atoms with Crippen LogP contribution in [0.5, 0.6) is 0 Å². The Morgan fingerprint density at radius 1 is 1.55 bits per heavy atom. The van der Waals surface area contributed by atoms with Crippen LogP contribution in [-0.4, -0.2) is 18.9 Å². The number of carbonyl (C=O) groups is 2. The van der Waals surface area contributed by atoms with E-state index < -0.39 is 17.3 Å². The van der Waals surface area contributed by atoms with E-state index >= 15 is 0 Å². The van der Waals surface area contributed by atoms with Crippen LogP contribution >= 0.6 is 11.6 Å². The molecule has 2 rings (SSSR count). The number of carbonyl (C=O) groups excluding carboxylic acids is 2. The lowest BCUT2D eigenvalue weighted by molar-refractivity contribution is -0.151. The van der Waals surface area contributed by atoms with Gasteiger partial charge in [-0.1, -0.05) is 23.7 Å². The number of Topliss-reactive ketones (excluding diaryl/α,β-unsaturated/α-hetero) is 1. The van der Waals surface area contributed by atoms with Gasteiger partial charge < -0.3 is 4.74 Å². The molecule has 0 N–H and O–H groups in total. The summed E-state index contributed by atoms with van der Waals surface area (Å²) in [5, 5.41) is 10.1. The summed E-state index contributed by atoms with van der Waals surface area (Å²) >= 11 is 5.97. The van der Waals surface area contributed by atoms with Crippen LogP contribution in [0.3, 0.4) is 0 Å². The Hall–Kier alpha value is -1.86. The lowest BCUT2D eigenvalue weighted by atomic mass is 9.66. The maximum absolute atomic E-state index is 11.9. The van der Waals surface area contributed by atoms with E-state index in [-0.39, 0.29) is 18.6 Å². The molecule has 0 aromatic heterocycles. The van der Waals surface area contributed by atoms with Crippen molar-refractivity contribution in [2.45, 2.75) is 24.7 Å². The van der Waals surface area contributed by atoms with Crippen molar-refractivity contribution in [2.75, 3.05) is 7.11 Å². The first-order valence-corrected chi connectivity index (χ1v) is 6.68. The molecule has 0 heterocycles. The topological polar surface area (TPSA) is 67.2 Å². The monoisotopic (exact) mass is 291 g/mol. The normalized spacial score (nSPS) is 25.9. The third-order valence-corrected chi connectivity index (χ3v) is 4.05. The summed E-state index contributed by atoms with van der Waals surface area (Å²) in [5.41, 5.74) is -0.119. The largest absolute Gasteiger partial charge is 0.468 e. The molecule has 104 valence electrons. The Labute approximate surface area is 122 Å². The summed E-state index contributed by atoms with van der Waals surface area (Å²) in [6.45, 7) is 0. The Balaban J connectivity index is 2.39. The van der Waals surface area contributed by atoms with Gasteiger partial charge in [0, 0.05) is 11.4 Å². The van der Waals surface area contributed by atoms with Crippen molar-refractivity contribution in [1.82, 2.24) is 0 Å². The summed E-state index contributed by atoms with van der Waals surface area (Å²) in [5.74, 6) is -1.60. The SMILES string of the molecule is COC(=O)[C@@H]1C[C@](C#N)(c2cccc(Cl)c2)CCC1=O. The molecule has 2 atom stereocenters. The van der Waals surface area contributed by atoms with Crippen LogP contribution in [0.1, 0.15) is 24.8 Å². The van der Waals surface area contributed by atoms with E-state index in [1.807, 2.05) is 0 Å². The van der Waals surface area contributed by atoms with Gasteiger partial charge >= 0.3 is 5.97 Å². The number of halogens is 1. The summed E-state index contributed by atoms with van der Waals surface area (Å²) in [6, 6.07) is 9.28. The van der Waals surface area contributed by atoms with Crippen LogP contribution < -0.4 is 0 Å². The maximum Gasteiger partial charge on any atom is 0.316 e. The highest BCUT2D eigenvalue weighted by molar-refractivity contribution is 6.30. The molecule has 1 aromatic carbocycles. The summed E-state index contributed by atoms with van der Waals surface area (Å²) in [7, 11) is 1.25. The highest BCUT2D eigenvalue weighted by Gasteiger charge is 2.45. The van der Waals surface area contributed by atoms with Crippen molar-refractivity contribution in [1.29, 1.82) is 5.26 Å². The van der Waals surface area contributed by atoms with E-state index in [0.29, 0.717) is 11.4 Å². The van der Waals surface area contributed by atoms with Gasteiger partial charge in [0.05, 0.1) is 18.6 Å². The van der Waals surface area contributed by atoms with Crippen LogP contribution in [0.2, 0.25) is 5.02 Å². The number of ketones is 1. The number of hydrogen-bond acceptors (Lipinski definition) is 4. The average molecular weight is 292 g/mol. The lowest BCUT2D eigenvalue weighted by Gasteiger charge is -2.34. The fourth-order valence-electron chi connectivity index (χ4n) is 2.65. The molecule has 1 aliphatic carbocycles. The minimum Gasteiger partial charge on any atom is -0.468 e. The smallest absolute Gasteiger partial charge is 0.316 e. The Bertz CT molecular complexity index is 585. The average Bonchev–Trinajstić information content (AvgIpc) is 2.47. The second-order valence-corrected chi connectivity index (χ2v) is 5.39. The number of benzene rings is 1. The Morgan fingerprint density at radius 3 is 2.90 bits per heavy atom. The first-order chi connectivity index (χ1) is 9.52. The molecule has 5 heteroatoms. The molecular weight excluding hydrogens is 278 g/mol. The van der Waals surface area contributed by atoms with E-state index in [9.17, 15) is 14.9 Å². The molecule has 0 saturated heterocycles. The van der Waals surface area contributed by atoms with Gasteiger partial charge in [-0.25, -0.2) is 0 Å². The van der Waals surface area contributed by atoms with E-state index in [1.165, 1.54) is 7.11 Å². The highest BCUT2D eigenvalue weighted by atomic mass is 35.5. The standard InChI is InChI=1S/C15H14ClNO3/c1-20-14(19)12-8-15(9-17,6-5-13(12)18)10-3-2-4-11(16)7-10/h2-4,7,12H,5-6,8H2,1H3/t12-,15-/m1/s1. The number of nitrogens with zero attached hydrogens (tertiary/aromatic N) is 1. The van der Waals surface area contributed by atoms with Crippen molar-refractivity contribution >= 4 is 23.4 Å². The molecule has 0 spiro atoms. The predicted octanol–water partition coefficient (Wildman–Crippen LogP) is 2.64. The van der Waals surface area contributed by atoms with Gasteiger partial charge in [-0.2, -0.15) is 5.26 Å². The van der Waals surface area contributed by atoms with Crippen molar-refractivity contribution in [3.05, 3.63) is 34.9 Å². The lowest BCUT2D eigenvalue weighted by Crippen LogP contribution is -2.40. The minimum atomic E-state index is -0.868. The molecular formula is C15H14ClNO3. The van der Waals surface area contributed by atoms with E-state index in [1.54, 1.807) is 24.3 Å². The van der Waals surface area contributed by atoms with Crippen molar-refractivity contribution in [3.8, 4) is 6.07 Å². The molecule has 0 unspecified atom stereocenters. The van der Waals surface area contributed by atoms with E-state index in [0.717, 1.165) is 5.56 Å². The molecule has 0 bridgehead atoms. The van der Waals surface area contributed by atoms with Gasteiger partial charge in [0.25, 0.3) is 0 Å². The van der Waals surface area contributed by atoms with Gasteiger partial charge in [0.1, 0.15) is 11.7 Å². The number of hydrogen-bond donors (Lipinski definition) is 0. The highest BCUT2D eigenvalue weighted by Crippen LogP contribution is 2.41. The van der Waals surface area contributed by atoms with Crippen molar-refractivity contribution < 1.29 is 14.3 Å². The number of ether oxygens (including phenoxy) is 1. The van der Waals surface area contributed by atoms with Gasteiger partial charge in [-0.15, -0.1) is 0 Å². The summed E-state index contributed by atoms with van der Waals surface area (Å²) in [4.78, 5) is 23.6. The second-order valence-electron chi connectivity index (χ2n) is 4.95. The number of esters is 1. The van der Waals surface area contributed by atoms with Crippen LogP contribution in [-0.2, 0) is 19.7 Å². The number of methoxy groups -OCH3 is 1. The minimum absolute atomic E-state index is 0.148. The van der Waals surface area contributed by atoms with Crippen molar-refractivity contribution in [2.24, 2.45) is 5.92 Å². The Kier molecular flexibility index (Phi) is 4.10. The fourth-order valence-corrected chi connectivity index (χ4v) is 2.84. The first kappa shape index (κ1) is 14.5. The van der Waals surface area contributed by atoms with E-state index in [2.05, 4.69) is 10.8 Å². The quantitative estimate of drug-likeness (QED) is 0.620. The number of rotatable bonds is 2. The van der Waals surface area contributed by atoms with Crippen LogP contribution in [0, 0.1) is 17.2 Å². The van der Waals surface area contributed by atoms with Gasteiger partial charge in [-0.05, 0) is 30.5 Å². The van der Waals surface area contributed by atoms with Crippen LogP contribution in [0.15, 0.2) is 24.3 Å². The molecule has 20 heavy (non-hydrogen) atoms. The van der Waals surface area contributed by atoms with Gasteiger partial charge in [0.2, 0.25) is 0 Å². The molecule has 1 fully saturated rings. The third-order valence-electron chi connectivity index (χ3n) is 3.82. The zero-order valence-corrected chi connectivity index (χ0v) is 11.8. The van der Waals surface area contributed by atoms with Crippen molar-refractivity contribution in [3.63, 3.8) is 0 Å². The molecule has 1 saturated carbocycles. The summed E-state index contributed by atoms with van der Waals surface area (Å²) in [6.07, 6.45) is 0.741. The third kappa shape index (κ3) is 2.54. The number of nitriles is 1. The zero-order chi connectivity index (χ0) is 14.8. The molecule has 1 aromatic rings. The molecule has 0 aliphatic heterocycles. The Morgan fingerprint density at radius 2 is 2.30 bits per heavy atom. The fraction of sp³-hybridized carbons (Fsp3) is 0.400. The second kappa shape index (κ2) is 5.64. The molecule has 1 aliphatic rings. The zero-order valence-electron chi connectivity index (χ0n) is 11.1. The predicted molar refractivity (Wildman–Crippen MR) is 73.1 cm³/mol. The van der Waals surface area contributed by atoms with Crippen LogP contribution in [0.4, 0.5) is 0 Å². The van der Waals surface area contributed by atoms with E-state index in [4.69, 9.17) is 11.6 Å². The maximum atomic E-state index is 11.9. The first-order valence-electron chi connectivity index (χ1n) is 6.30. The molecule has 4 nitrogen and oxygen atoms in total. The molecule has 0 amide bonds. The van der Waals surface area contributed by atoms with Gasteiger partial charge in [0.15, 0.2) is 0 Å².